The summed E-state index contributed by atoms with van der Waals surface area (Å²) in [4.78, 5) is 21.7. The highest BCUT2D eigenvalue weighted by Crippen LogP contribution is 2.18. The van der Waals surface area contributed by atoms with Crippen LogP contribution in [0, 0.1) is 5.92 Å². The number of piperidine rings is 1. The van der Waals surface area contributed by atoms with Crippen LogP contribution in [0.4, 0.5) is 0 Å². The van der Waals surface area contributed by atoms with Crippen LogP contribution in [0.5, 0.6) is 0 Å². The van der Waals surface area contributed by atoms with Crippen LogP contribution in [0.2, 0.25) is 0 Å². The van der Waals surface area contributed by atoms with Gasteiger partial charge in [0, 0.05) is 12.8 Å². The molecule has 0 unspecified atom stereocenters. The van der Waals surface area contributed by atoms with Crippen molar-refractivity contribution in [3.8, 4) is 0 Å². The summed E-state index contributed by atoms with van der Waals surface area (Å²) in [5.74, 6) is 0.0700. The molecular formula is C8H13NO2. The molecule has 1 aliphatic heterocycles. The Hall–Kier alpha value is -0.860. The van der Waals surface area contributed by atoms with E-state index in [1.165, 1.54) is 0 Å². The predicted molar refractivity (Wildman–Crippen MR) is 40.8 cm³/mol. The van der Waals surface area contributed by atoms with Gasteiger partial charge in [-0.2, -0.15) is 0 Å². The van der Waals surface area contributed by atoms with Gasteiger partial charge in [0.05, 0.1) is 0 Å². The van der Waals surface area contributed by atoms with Gasteiger partial charge in [-0.15, -0.1) is 0 Å². The van der Waals surface area contributed by atoms with Crippen LogP contribution in [0.3, 0.4) is 0 Å². The fraction of sp³-hybridized carbons (Fsp3) is 0.750. The minimum Gasteiger partial charge on any atom is -0.296 e. The molecule has 0 bridgehead atoms. The van der Waals surface area contributed by atoms with Crippen LogP contribution in [0.15, 0.2) is 0 Å². The lowest BCUT2D eigenvalue weighted by Gasteiger charge is -2.19. The van der Waals surface area contributed by atoms with Crippen LogP contribution < -0.4 is 5.32 Å². The maximum atomic E-state index is 10.8. The van der Waals surface area contributed by atoms with Crippen molar-refractivity contribution in [3.63, 3.8) is 0 Å². The molecule has 0 aromatic rings. The third-order valence-electron chi connectivity index (χ3n) is 1.92. The Morgan fingerprint density at radius 1 is 1.36 bits per heavy atom. The molecular weight excluding hydrogens is 142 g/mol. The van der Waals surface area contributed by atoms with E-state index in [1.54, 1.807) is 0 Å². The average Bonchev–Trinajstić information content (AvgIpc) is 1.85. The number of hydrogen-bond acceptors (Lipinski definition) is 2. The van der Waals surface area contributed by atoms with E-state index >= 15 is 0 Å². The first-order valence-corrected chi connectivity index (χ1v) is 4.05. The van der Waals surface area contributed by atoms with Crippen molar-refractivity contribution < 1.29 is 9.59 Å². The smallest absolute Gasteiger partial charge is 0.226 e. The first-order chi connectivity index (χ1) is 5.22. The number of carbonyl (C=O) groups is 2. The summed E-state index contributed by atoms with van der Waals surface area (Å²) in [7, 11) is 0. The zero-order chi connectivity index (χ0) is 8.27. The number of rotatable bonds is 2. The molecule has 1 heterocycles. The standard InChI is InChI=1S/C8H13NO2/c1-2-3-6-4-7(10)9-8(11)5-6/h6H,2-5H2,1H3,(H,9,10,11). The van der Waals surface area contributed by atoms with Crippen LogP contribution in [0.25, 0.3) is 0 Å². The van der Waals surface area contributed by atoms with E-state index in [0.29, 0.717) is 18.8 Å². The predicted octanol–water partition coefficient (Wildman–Crippen LogP) is 0.839. The zero-order valence-corrected chi connectivity index (χ0v) is 6.72. The molecule has 62 valence electrons. The van der Waals surface area contributed by atoms with Gasteiger partial charge in [-0.05, 0) is 12.3 Å². The van der Waals surface area contributed by atoms with Crippen molar-refractivity contribution in [3.05, 3.63) is 0 Å². The van der Waals surface area contributed by atoms with Gasteiger partial charge in [0.25, 0.3) is 0 Å². The van der Waals surface area contributed by atoms with E-state index in [9.17, 15) is 9.59 Å². The minimum atomic E-state index is -0.111. The normalized spacial score (nSPS) is 20.1. The topological polar surface area (TPSA) is 46.2 Å². The highest BCUT2D eigenvalue weighted by atomic mass is 16.2. The third kappa shape index (κ3) is 2.33. The number of nitrogens with one attached hydrogen (secondary N) is 1. The van der Waals surface area contributed by atoms with Crippen molar-refractivity contribution >= 4 is 11.8 Å². The summed E-state index contributed by atoms with van der Waals surface area (Å²) < 4.78 is 0. The van der Waals surface area contributed by atoms with Crippen LogP contribution in [-0.4, -0.2) is 11.8 Å². The van der Waals surface area contributed by atoms with Crippen LogP contribution in [-0.2, 0) is 9.59 Å². The second kappa shape index (κ2) is 3.51. The number of amides is 2. The molecule has 3 nitrogen and oxygen atoms in total. The number of imide groups is 1. The highest BCUT2D eigenvalue weighted by molar-refractivity contribution is 5.97. The second-order valence-corrected chi connectivity index (χ2v) is 3.03. The lowest BCUT2D eigenvalue weighted by Crippen LogP contribution is -2.38. The summed E-state index contributed by atoms with van der Waals surface area (Å²) in [6.45, 7) is 2.07. The molecule has 0 aromatic carbocycles. The van der Waals surface area contributed by atoms with Crippen molar-refractivity contribution in [2.24, 2.45) is 5.92 Å². The molecule has 0 spiro atoms. The Morgan fingerprint density at radius 2 is 1.91 bits per heavy atom. The molecule has 1 rings (SSSR count). The maximum absolute atomic E-state index is 10.8. The van der Waals surface area contributed by atoms with E-state index < -0.39 is 0 Å². The van der Waals surface area contributed by atoms with Gasteiger partial charge in [0.15, 0.2) is 0 Å². The Balaban J connectivity index is 2.43. The second-order valence-electron chi connectivity index (χ2n) is 3.03. The summed E-state index contributed by atoms with van der Waals surface area (Å²) in [5, 5.41) is 2.29. The quantitative estimate of drug-likeness (QED) is 0.600. The molecule has 1 N–H and O–H groups in total. The third-order valence-corrected chi connectivity index (χ3v) is 1.92. The molecule has 0 atom stereocenters. The van der Waals surface area contributed by atoms with Crippen LogP contribution >= 0.6 is 0 Å². The summed E-state index contributed by atoms with van der Waals surface area (Å²) in [6.07, 6.45) is 3.09. The highest BCUT2D eigenvalue weighted by Gasteiger charge is 2.23. The van der Waals surface area contributed by atoms with Crippen molar-refractivity contribution in [1.82, 2.24) is 5.32 Å². The fourth-order valence-corrected chi connectivity index (χ4v) is 1.47. The minimum absolute atomic E-state index is 0.111. The Morgan fingerprint density at radius 3 is 2.36 bits per heavy atom. The van der Waals surface area contributed by atoms with Gasteiger partial charge >= 0.3 is 0 Å². The first kappa shape index (κ1) is 8.24. The number of hydrogen-bond donors (Lipinski definition) is 1. The Bertz CT molecular complexity index is 161. The van der Waals surface area contributed by atoms with E-state index in [1.807, 2.05) is 0 Å². The Kier molecular flexibility index (Phi) is 2.63. The van der Waals surface area contributed by atoms with E-state index in [2.05, 4.69) is 12.2 Å². The lowest BCUT2D eigenvalue weighted by atomic mass is 9.93. The maximum Gasteiger partial charge on any atom is 0.226 e. The zero-order valence-electron chi connectivity index (χ0n) is 6.72. The lowest BCUT2D eigenvalue weighted by molar-refractivity contribution is -0.134. The molecule has 1 fully saturated rings. The van der Waals surface area contributed by atoms with Gasteiger partial charge in [-0.1, -0.05) is 13.3 Å². The molecule has 3 heteroatoms. The molecule has 0 aromatic heterocycles. The van der Waals surface area contributed by atoms with E-state index in [0.717, 1.165) is 12.8 Å². The fourth-order valence-electron chi connectivity index (χ4n) is 1.47. The van der Waals surface area contributed by atoms with Crippen molar-refractivity contribution in [1.29, 1.82) is 0 Å². The molecule has 2 amide bonds. The monoisotopic (exact) mass is 155 g/mol. The van der Waals surface area contributed by atoms with Crippen molar-refractivity contribution in [2.45, 2.75) is 32.6 Å². The molecule has 0 saturated carbocycles. The molecule has 1 aliphatic rings. The largest absolute Gasteiger partial charge is 0.296 e. The van der Waals surface area contributed by atoms with Gasteiger partial charge in [-0.3, -0.25) is 14.9 Å². The molecule has 1 saturated heterocycles. The SMILES string of the molecule is CCCC1CC(=O)NC(=O)C1. The van der Waals surface area contributed by atoms with Gasteiger partial charge in [0.2, 0.25) is 11.8 Å². The molecule has 0 aliphatic carbocycles. The van der Waals surface area contributed by atoms with Gasteiger partial charge < -0.3 is 0 Å². The van der Waals surface area contributed by atoms with Crippen LogP contribution in [0.1, 0.15) is 32.6 Å². The van der Waals surface area contributed by atoms with E-state index in [-0.39, 0.29) is 11.8 Å². The van der Waals surface area contributed by atoms with Gasteiger partial charge in [0.1, 0.15) is 0 Å². The molecule has 0 radical (unpaired) electrons. The average molecular weight is 155 g/mol. The van der Waals surface area contributed by atoms with Gasteiger partial charge in [-0.25, -0.2) is 0 Å². The summed E-state index contributed by atoms with van der Waals surface area (Å²) in [6, 6.07) is 0. The summed E-state index contributed by atoms with van der Waals surface area (Å²) >= 11 is 0. The summed E-state index contributed by atoms with van der Waals surface area (Å²) in [5.41, 5.74) is 0. The Labute approximate surface area is 66.2 Å². The first-order valence-electron chi connectivity index (χ1n) is 4.05. The van der Waals surface area contributed by atoms with E-state index in [4.69, 9.17) is 0 Å². The number of carbonyl (C=O) groups excluding carboxylic acids is 2. The van der Waals surface area contributed by atoms with Crippen molar-refractivity contribution in [2.75, 3.05) is 0 Å². The molecule has 11 heavy (non-hydrogen) atoms.